The normalized spacial score (nSPS) is 16.6. The van der Waals surface area contributed by atoms with Gasteiger partial charge in [0.05, 0.1) is 6.54 Å². The number of carbonyl (C=O) groups excluding carboxylic acids is 1. The van der Waals surface area contributed by atoms with Gasteiger partial charge in [-0.25, -0.2) is 4.99 Å². The van der Waals surface area contributed by atoms with Crippen molar-refractivity contribution in [1.82, 2.24) is 10.6 Å². The summed E-state index contributed by atoms with van der Waals surface area (Å²) in [6.07, 6.45) is 1.40. The Morgan fingerprint density at radius 1 is 1.11 bits per heavy atom. The second-order valence-electron chi connectivity index (χ2n) is 6.73. The Morgan fingerprint density at radius 3 is 2.68 bits per heavy atom. The second kappa shape index (κ2) is 10.5. The maximum atomic E-state index is 12.2. The molecule has 1 aliphatic rings. The Labute approximate surface area is 166 Å². The van der Waals surface area contributed by atoms with Gasteiger partial charge >= 0.3 is 0 Å². The molecule has 0 aromatic heterocycles. The molecule has 0 bridgehead atoms. The molecule has 6 nitrogen and oxygen atoms in total. The van der Waals surface area contributed by atoms with Gasteiger partial charge in [-0.2, -0.15) is 0 Å². The topological polar surface area (TPSA) is 74.8 Å². The van der Waals surface area contributed by atoms with Crippen LogP contribution in [0.25, 0.3) is 0 Å². The van der Waals surface area contributed by atoms with Gasteiger partial charge in [-0.3, -0.25) is 4.79 Å². The van der Waals surface area contributed by atoms with Gasteiger partial charge in [0, 0.05) is 25.4 Å². The van der Waals surface area contributed by atoms with Crippen molar-refractivity contribution in [2.75, 3.05) is 18.5 Å². The third-order valence-corrected chi connectivity index (χ3v) is 4.48. The molecule has 3 rings (SSSR count). The lowest BCUT2D eigenvalue weighted by atomic mass is 10.2. The molecule has 28 heavy (non-hydrogen) atoms. The molecule has 1 amide bonds. The van der Waals surface area contributed by atoms with Gasteiger partial charge in [-0.1, -0.05) is 42.5 Å². The fourth-order valence-electron chi connectivity index (χ4n) is 3.05. The van der Waals surface area contributed by atoms with E-state index in [9.17, 15) is 4.79 Å². The molecule has 0 saturated carbocycles. The van der Waals surface area contributed by atoms with Crippen LogP contribution in [-0.2, 0) is 22.6 Å². The van der Waals surface area contributed by atoms with Crippen LogP contribution >= 0.6 is 0 Å². The number of nitrogens with zero attached hydrogens (tertiary/aromatic N) is 1. The van der Waals surface area contributed by atoms with Crippen LogP contribution < -0.4 is 16.0 Å². The first-order valence-electron chi connectivity index (χ1n) is 9.82. The predicted octanol–water partition coefficient (Wildman–Crippen LogP) is 3.06. The van der Waals surface area contributed by atoms with E-state index in [0.29, 0.717) is 19.7 Å². The first kappa shape index (κ1) is 19.9. The van der Waals surface area contributed by atoms with Crippen LogP contribution in [0, 0.1) is 0 Å². The van der Waals surface area contributed by atoms with Crippen molar-refractivity contribution in [3.05, 3.63) is 65.7 Å². The quantitative estimate of drug-likeness (QED) is 0.510. The molecule has 1 aliphatic heterocycles. The van der Waals surface area contributed by atoms with Gasteiger partial charge in [0.25, 0.3) is 5.91 Å². The molecule has 0 radical (unpaired) electrons. The number of guanidine groups is 1. The van der Waals surface area contributed by atoms with E-state index in [2.05, 4.69) is 33.1 Å². The highest BCUT2D eigenvalue weighted by molar-refractivity contribution is 5.94. The SMILES string of the molecule is CCNC(=NCc1cccc(NC(=O)C2CCCO2)c1)NCc1ccccc1. The molecule has 2 aromatic rings. The van der Waals surface area contributed by atoms with E-state index in [-0.39, 0.29) is 12.0 Å². The summed E-state index contributed by atoms with van der Waals surface area (Å²) in [5.74, 6) is 0.691. The molecule has 1 unspecified atom stereocenters. The number of anilines is 1. The Kier molecular flexibility index (Phi) is 7.44. The zero-order valence-corrected chi connectivity index (χ0v) is 16.3. The minimum Gasteiger partial charge on any atom is -0.368 e. The molecule has 6 heteroatoms. The average molecular weight is 380 g/mol. The highest BCUT2D eigenvalue weighted by atomic mass is 16.5. The standard InChI is InChI=1S/C22H28N4O2/c1-2-23-22(24-15-17-8-4-3-5-9-17)25-16-18-10-6-11-19(14-18)26-21(27)20-12-7-13-28-20/h3-6,8-11,14,20H,2,7,12-13,15-16H2,1H3,(H,26,27)(H2,23,24,25). The summed E-state index contributed by atoms with van der Waals surface area (Å²) in [7, 11) is 0. The zero-order chi connectivity index (χ0) is 19.6. The van der Waals surface area contributed by atoms with Crippen LogP contribution in [0.3, 0.4) is 0 Å². The summed E-state index contributed by atoms with van der Waals surface area (Å²) in [6.45, 7) is 4.73. The van der Waals surface area contributed by atoms with Crippen molar-refractivity contribution in [3.8, 4) is 0 Å². The number of hydrogen-bond donors (Lipinski definition) is 3. The molecule has 0 spiro atoms. The summed E-state index contributed by atoms with van der Waals surface area (Å²) in [4.78, 5) is 16.9. The number of benzene rings is 2. The number of ether oxygens (including phenoxy) is 1. The van der Waals surface area contributed by atoms with Crippen molar-refractivity contribution in [2.24, 2.45) is 4.99 Å². The van der Waals surface area contributed by atoms with Crippen molar-refractivity contribution in [2.45, 2.75) is 39.0 Å². The van der Waals surface area contributed by atoms with Crippen LogP contribution in [-0.4, -0.2) is 31.1 Å². The van der Waals surface area contributed by atoms with Gasteiger partial charge in [-0.05, 0) is 43.0 Å². The Bertz CT molecular complexity index is 786. The largest absolute Gasteiger partial charge is 0.368 e. The zero-order valence-electron chi connectivity index (χ0n) is 16.3. The number of rotatable bonds is 7. The molecule has 3 N–H and O–H groups in total. The molecule has 148 valence electrons. The first-order valence-corrected chi connectivity index (χ1v) is 9.82. The van der Waals surface area contributed by atoms with Crippen molar-refractivity contribution in [3.63, 3.8) is 0 Å². The number of aliphatic imine (C=N–C) groups is 1. The molecule has 0 aliphatic carbocycles. The van der Waals surface area contributed by atoms with Gasteiger partial charge in [0.15, 0.2) is 5.96 Å². The van der Waals surface area contributed by atoms with E-state index in [4.69, 9.17) is 4.74 Å². The first-order chi connectivity index (χ1) is 13.7. The monoisotopic (exact) mass is 380 g/mol. The molecule has 1 saturated heterocycles. The van der Waals surface area contributed by atoms with E-state index >= 15 is 0 Å². The number of hydrogen-bond acceptors (Lipinski definition) is 3. The third-order valence-electron chi connectivity index (χ3n) is 4.48. The third kappa shape index (κ3) is 6.09. The van der Waals surface area contributed by atoms with E-state index < -0.39 is 0 Å². The Morgan fingerprint density at radius 2 is 1.93 bits per heavy atom. The summed E-state index contributed by atoms with van der Waals surface area (Å²) < 4.78 is 5.44. The van der Waals surface area contributed by atoms with Gasteiger partial charge in [-0.15, -0.1) is 0 Å². The van der Waals surface area contributed by atoms with Crippen LogP contribution in [0.1, 0.15) is 30.9 Å². The number of nitrogens with one attached hydrogen (secondary N) is 3. The maximum absolute atomic E-state index is 12.2. The molecular weight excluding hydrogens is 352 g/mol. The predicted molar refractivity (Wildman–Crippen MR) is 112 cm³/mol. The van der Waals surface area contributed by atoms with E-state index in [0.717, 1.165) is 36.6 Å². The highest BCUT2D eigenvalue weighted by Gasteiger charge is 2.23. The lowest BCUT2D eigenvalue weighted by Gasteiger charge is -2.12. The maximum Gasteiger partial charge on any atom is 0.253 e. The van der Waals surface area contributed by atoms with Crippen LogP contribution in [0.2, 0.25) is 0 Å². The highest BCUT2D eigenvalue weighted by Crippen LogP contribution is 2.16. The van der Waals surface area contributed by atoms with Gasteiger partial charge in [0.2, 0.25) is 0 Å². The van der Waals surface area contributed by atoms with E-state index in [1.807, 2.05) is 49.4 Å². The molecular formula is C22H28N4O2. The Balaban J connectivity index is 1.58. The summed E-state index contributed by atoms with van der Waals surface area (Å²) in [6, 6.07) is 18.0. The van der Waals surface area contributed by atoms with E-state index in [1.165, 1.54) is 5.56 Å². The fourth-order valence-corrected chi connectivity index (χ4v) is 3.05. The number of amides is 1. The molecule has 2 aromatic carbocycles. The molecule has 1 atom stereocenters. The van der Waals surface area contributed by atoms with Crippen LogP contribution in [0.5, 0.6) is 0 Å². The smallest absolute Gasteiger partial charge is 0.253 e. The van der Waals surface area contributed by atoms with E-state index in [1.54, 1.807) is 0 Å². The summed E-state index contributed by atoms with van der Waals surface area (Å²) >= 11 is 0. The van der Waals surface area contributed by atoms with Crippen LogP contribution in [0.15, 0.2) is 59.6 Å². The lowest BCUT2D eigenvalue weighted by molar-refractivity contribution is -0.124. The summed E-state index contributed by atoms with van der Waals surface area (Å²) in [5.41, 5.74) is 3.00. The Hall–Kier alpha value is -2.86. The number of carbonyl (C=O) groups is 1. The fraction of sp³-hybridized carbons (Fsp3) is 0.364. The van der Waals surface area contributed by atoms with Crippen molar-refractivity contribution in [1.29, 1.82) is 0 Å². The minimum absolute atomic E-state index is 0.0731. The summed E-state index contributed by atoms with van der Waals surface area (Å²) in [5, 5.41) is 9.54. The minimum atomic E-state index is -0.329. The van der Waals surface area contributed by atoms with Crippen molar-refractivity contribution < 1.29 is 9.53 Å². The lowest BCUT2D eigenvalue weighted by Crippen LogP contribution is -2.36. The average Bonchev–Trinajstić information content (AvgIpc) is 3.26. The van der Waals surface area contributed by atoms with Crippen molar-refractivity contribution >= 4 is 17.6 Å². The molecule has 1 fully saturated rings. The molecule has 1 heterocycles. The van der Waals surface area contributed by atoms with Crippen LogP contribution in [0.4, 0.5) is 5.69 Å². The van der Waals surface area contributed by atoms with Gasteiger partial charge < -0.3 is 20.7 Å². The van der Waals surface area contributed by atoms with Gasteiger partial charge in [0.1, 0.15) is 6.10 Å². The second-order valence-corrected chi connectivity index (χ2v) is 6.73.